The van der Waals surface area contributed by atoms with Gasteiger partial charge < -0.3 is 0 Å². The summed E-state index contributed by atoms with van der Waals surface area (Å²) in [7, 11) is 0. The monoisotopic (exact) mass is 467 g/mol. The molecule has 7 nitrogen and oxygen atoms in total. The number of aromatic nitrogens is 7. The van der Waals surface area contributed by atoms with Crippen molar-refractivity contribution in [2.24, 2.45) is 0 Å². The smallest absolute Gasteiger partial charge is 0.191 e. The van der Waals surface area contributed by atoms with Crippen LogP contribution in [0.1, 0.15) is 6.04 Å². The number of benzene rings is 1. The Labute approximate surface area is 193 Å². The van der Waals surface area contributed by atoms with Crippen molar-refractivity contribution < 1.29 is 0 Å². The summed E-state index contributed by atoms with van der Waals surface area (Å²) < 4.78 is 4.29. The Hall–Kier alpha value is -2.62. The third-order valence-electron chi connectivity index (χ3n) is 4.89. The standard InChI is InChI=1S/C21H18ClN7S2/c1-2-10-28-18(14-5-7-16(22)8-6-14)24-26-20(28)30-12-17-13-31-21-27-25-19(29(17)21)15-4-3-9-23-11-15/h2-9,11,17H,1,10,12-13H2. The van der Waals surface area contributed by atoms with Crippen LogP contribution in [-0.2, 0) is 6.54 Å². The van der Waals surface area contributed by atoms with Gasteiger partial charge in [-0.2, -0.15) is 0 Å². The molecule has 1 aliphatic heterocycles. The molecule has 156 valence electrons. The summed E-state index contributed by atoms with van der Waals surface area (Å²) in [5.41, 5.74) is 1.94. The predicted octanol–water partition coefficient (Wildman–Crippen LogP) is 4.88. The summed E-state index contributed by atoms with van der Waals surface area (Å²) in [5.74, 6) is 3.44. The fourth-order valence-electron chi connectivity index (χ4n) is 3.44. The Kier molecular flexibility index (Phi) is 5.80. The Morgan fingerprint density at radius 2 is 1.94 bits per heavy atom. The molecule has 3 aromatic heterocycles. The van der Waals surface area contributed by atoms with Crippen molar-refractivity contribution in [3.8, 4) is 22.8 Å². The number of nitrogens with zero attached hydrogens (tertiary/aromatic N) is 7. The minimum atomic E-state index is 0.253. The fraction of sp³-hybridized carbons (Fsp3) is 0.190. The zero-order valence-electron chi connectivity index (χ0n) is 16.4. The number of thioether (sulfide) groups is 2. The number of pyridine rings is 1. The third kappa shape index (κ3) is 4.00. The maximum atomic E-state index is 6.04. The molecule has 1 atom stereocenters. The molecule has 1 aromatic carbocycles. The molecule has 4 aromatic rings. The zero-order chi connectivity index (χ0) is 21.2. The van der Waals surface area contributed by atoms with Crippen molar-refractivity contribution in [2.75, 3.05) is 11.5 Å². The summed E-state index contributed by atoms with van der Waals surface area (Å²) in [4.78, 5) is 4.22. The molecule has 0 saturated heterocycles. The Bertz CT molecular complexity index is 1200. The zero-order valence-corrected chi connectivity index (χ0v) is 18.8. The number of fused-ring (bicyclic) bond motifs is 1. The second-order valence-corrected chi connectivity index (χ2v) is 9.32. The van der Waals surface area contributed by atoms with E-state index < -0.39 is 0 Å². The Morgan fingerprint density at radius 1 is 1.10 bits per heavy atom. The van der Waals surface area contributed by atoms with Crippen molar-refractivity contribution in [3.63, 3.8) is 0 Å². The van der Waals surface area contributed by atoms with E-state index >= 15 is 0 Å². The van der Waals surface area contributed by atoms with Gasteiger partial charge in [-0.15, -0.1) is 27.0 Å². The van der Waals surface area contributed by atoms with E-state index in [0.717, 1.165) is 44.6 Å². The molecule has 4 heterocycles. The first-order valence-electron chi connectivity index (χ1n) is 9.65. The lowest BCUT2D eigenvalue weighted by molar-refractivity contribution is 0.595. The highest BCUT2D eigenvalue weighted by atomic mass is 35.5. The van der Waals surface area contributed by atoms with Gasteiger partial charge in [-0.05, 0) is 36.4 Å². The molecule has 1 unspecified atom stereocenters. The van der Waals surface area contributed by atoms with Crippen LogP contribution in [0.5, 0.6) is 0 Å². The molecule has 0 saturated carbocycles. The van der Waals surface area contributed by atoms with E-state index in [1.807, 2.05) is 48.7 Å². The van der Waals surface area contributed by atoms with Crippen LogP contribution in [0.2, 0.25) is 5.02 Å². The van der Waals surface area contributed by atoms with Crippen LogP contribution in [0.25, 0.3) is 22.8 Å². The van der Waals surface area contributed by atoms with Crippen LogP contribution < -0.4 is 0 Å². The van der Waals surface area contributed by atoms with Crippen molar-refractivity contribution >= 4 is 35.1 Å². The lowest BCUT2D eigenvalue weighted by atomic mass is 10.2. The van der Waals surface area contributed by atoms with Crippen LogP contribution in [0.3, 0.4) is 0 Å². The summed E-state index contributed by atoms with van der Waals surface area (Å²) in [6.07, 6.45) is 5.44. The van der Waals surface area contributed by atoms with Gasteiger partial charge in [0.25, 0.3) is 0 Å². The number of halogens is 1. The molecule has 0 aliphatic carbocycles. The van der Waals surface area contributed by atoms with Gasteiger partial charge in [-0.1, -0.05) is 41.2 Å². The topological polar surface area (TPSA) is 74.3 Å². The average molecular weight is 468 g/mol. The number of hydrogen-bond donors (Lipinski definition) is 0. The van der Waals surface area contributed by atoms with Crippen molar-refractivity contribution in [2.45, 2.75) is 22.9 Å². The van der Waals surface area contributed by atoms with Gasteiger partial charge in [0.1, 0.15) is 0 Å². The molecule has 0 bridgehead atoms. The van der Waals surface area contributed by atoms with Crippen LogP contribution in [-0.4, -0.2) is 46.0 Å². The van der Waals surface area contributed by atoms with Crippen molar-refractivity contribution in [1.29, 1.82) is 0 Å². The van der Waals surface area contributed by atoms with Crippen molar-refractivity contribution in [1.82, 2.24) is 34.5 Å². The predicted molar refractivity (Wildman–Crippen MR) is 124 cm³/mol. The summed E-state index contributed by atoms with van der Waals surface area (Å²) in [6.45, 7) is 4.52. The molecular formula is C21H18ClN7S2. The molecular weight excluding hydrogens is 450 g/mol. The maximum absolute atomic E-state index is 6.04. The molecule has 5 rings (SSSR count). The highest BCUT2D eigenvalue weighted by molar-refractivity contribution is 8.00. The van der Waals surface area contributed by atoms with Gasteiger partial charge in [-0.25, -0.2) is 0 Å². The first-order chi connectivity index (χ1) is 15.2. The van der Waals surface area contributed by atoms with Crippen LogP contribution in [0, 0.1) is 0 Å². The first kappa shape index (κ1) is 20.3. The van der Waals surface area contributed by atoms with E-state index in [0.29, 0.717) is 11.6 Å². The van der Waals surface area contributed by atoms with Crippen molar-refractivity contribution in [3.05, 3.63) is 66.5 Å². The molecule has 1 aliphatic rings. The van der Waals surface area contributed by atoms with E-state index in [2.05, 4.69) is 41.1 Å². The third-order valence-corrected chi connectivity index (χ3v) is 7.34. The van der Waals surface area contributed by atoms with Crippen LogP contribution in [0.15, 0.2) is 71.8 Å². The normalized spacial score (nSPS) is 15.2. The van der Waals surface area contributed by atoms with Gasteiger partial charge in [0.15, 0.2) is 22.0 Å². The molecule has 10 heteroatoms. The van der Waals surface area contributed by atoms with Gasteiger partial charge in [-0.3, -0.25) is 14.1 Å². The van der Waals surface area contributed by atoms with Gasteiger partial charge >= 0.3 is 0 Å². The Morgan fingerprint density at radius 3 is 2.71 bits per heavy atom. The minimum absolute atomic E-state index is 0.253. The lowest BCUT2D eigenvalue weighted by Crippen LogP contribution is -2.12. The van der Waals surface area contributed by atoms with Crippen LogP contribution in [0.4, 0.5) is 0 Å². The second-order valence-electron chi connectivity index (χ2n) is 6.91. The highest BCUT2D eigenvalue weighted by Crippen LogP contribution is 2.39. The van der Waals surface area contributed by atoms with E-state index in [1.165, 1.54) is 0 Å². The fourth-order valence-corrected chi connectivity index (χ4v) is 5.82. The largest absolute Gasteiger partial charge is 0.298 e. The summed E-state index contributed by atoms with van der Waals surface area (Å²) in [6, 6.07) is 11.8. The van der Waals surface area contributed by atoms with Crippen LogP contribution >= 0.6 is 35.1 Å². The van der Waals surface area contributed by atoms with E-state index in [-0.39, 0.29) is 6.04 Å². The van der Waals surface area contributed by atoms with Gasteiger partial charge in [0, 0.05) is 46.6 Å². The minimum Gasteiger partial charge on any atom is -0.298 e. The average Bonchev–Trinajstić information content (AvgIpc) is 3.50. The number of rotatable bonds is 7. The van der Waals surface area contributed by atoms with Gasteiger partial charge in [0.2, 0.25) is 0 Å². The van der Waals surface area contributed by atoms with Gasteiger partial charge in [0.05, 0.1) is 6.04 Å². The number of allylic oxidation sites excluding steroid dienone is 1. The molecule has 0 spiro atoms. The lowest BCUT2D eigenvalue weighted by Gasteiger charge is -2.14. The SMILES string of the molecule is C=CCn1c(SCC2CSc3nnc(-c4cccnc4)n32)nnc1-c1ccc(Cl)cc1. The summed E-state index contributed by atoms with van der Waals surface area (Å²) in [5, 5.41) is 20.1. The summed E-state index contributed by atoms with van der Waals surface area (Å²) >= 11 is 9.45. The highest BCUT2D eigenvalue weighted by Gasteiger charge is 2.29. The quantitative estimate of drug-likeness (QED) is 0.283. The molecule has 0 radical (unpaired) electrons. The molecule has 0 N–H and O–H groups in total. The molecule has 0 fully saturated rings. The first-order valence-corrected chi connectivity index (χ1v) is 12.0. The van der Waals surface area contributed by atoms with E-state index in [4.69, 9.17) is 11.6 Å². The maximum Gasteiger partial charge on any atom is 0.191 e. The molecule has 31 heavy (non-hydrogen) atoms. The number of hydrogen-bond acceptors (Lipinski definition) is 7. The second kappa shape index (κ2) is 8.86. The van der Waals surface area contributed by atoms with E-state index in [1.54, 1.807) is 29.7 Å². The Balaban J connectivity index is 1.39. The van der Waals surface area contributed by atoms with E-state index in [9.17, 15) is 0 Å². The molecule has 0 amide bonds.